The summed E-state index contributed by atoms with van der Waals surface area (Å²) in [5.74, 6) is -0.772. The minimum atomic E-state index is -0.449. The predicted molar refractivity (Wildman–Crippen MR) is 77.6 cm³/mol. The molecule has 0 radical (unpaired) electrons. The van der Waals surface area contributed by atoms with E-state index in [9.17, 15) is 9.18 Å². The van der Waals surface area contributed by atoms with E-state index in [1.54, 1.807) is 12.1 Å². The Morgan fingerprint density at radius 3 is 2.79 bits per heavy atom. The number of nitrogens with one attached hydrogen (secondary N) is 1. The first-order valence-electron chi connectivity index (χ1n) is 5.60. The molecule has 2 aromatic rings. The average Bonchev–Trinajstić information content (AvgIpc) is 2.37. The highest BCUT2D eigenvalue weighted by atomic mass is 79.9. The normalized spacial score (nSPS) is 10.3. The summed E-state index contributed by atoms with van der Waals surface area (Å²) in [5.41, 5.74) is 7.61. The molecule has 0 atom stereocenters. The van der Waals surface area contributed by atoms with Crippen LogP contribution in [0.4, 0.5) is 15.8 Å². The maximum Gasteiger partial charge on any atom is 0.256 e. The van der Waals surface area contributed by atoms with E-state index in [-0.39, 0.29) is 11.6 Å². The Hall–Kier alpha value is -1.88. The molecule has 2 aromatic carbocycles. The lowest BCUT2D eigenvalue weighted by Gasteiger charge is -2.10. The molecule has 1 amide bonds. The van der Waals surface area contributed by atoms with Gasteiger partial charge in [0.05, 0.1) is 11.4 Å². The predicted octanol–water partition coefficient (Wildman–Crippen LogP) is 3.73. The van der Waals surface area contributed by atoms with Gasteiger partial charge in [-0.05, 0) is 42.8 Å². The Morgan fingerprint density at radius 1 is 1.32 bits per heavy atom. The van der Waals surface area contributed by atoms with Crippen molar-refractivity contribution in [2.75, 3.05) is 11.1 Å². The zero-order valence-electron chi connectivity index (χ0n) is 10.2. The van der Waals surface area contributed by atoms with Crippen molar-refractivity contribution in [2.45, 2.75) is 6.92 Å². The summed E-state index contributed by atoms with van der Waals surface area (Å²) in [5, 5.41) is 2.61. The molecule has 3 nitrogen and oxygen atoms in total. The van der Waals surface area contributed by atoms with Crippen LogP contribution in [0.25, 0.3) is 0 Å². The highest BCUT2D eigenvalue weighted by Crippen LogP contribution is 2.23. The number of halogens is 2. The average molecular weight is 323 g/mol. The molecular formula is C14H12BrFN2O. The molecule has 0 aliphatic rings. The molecule has 0 fully saturated rings. The molecule has 0 spiro atoms. The van der Waals surface area contributed by atoms with E-state index in [1.165, 1.54) is 18.2 Å². The van der Waals surface area contributed by atoms with E-state index in [2.05, 4.69) is 21.2 Å². The first-order valence-corrected chi connectivity index (χ1v) is 6.40. The van der Waals surface area contributed by atoms with Crippen LogP contribution in [0.5, 0.6) is 0 Å². The van der Waals surface area contributed by atoms with Crippen LogP contribution in [-0.4, -0.2) is 5.91 Å². The van der Waals surface area contributed by atoms with Gasteiger partial charge in [-0.15, -0.1) is 0 Å². The monoisotopic (exact) mass is 322 g/mol. The van der Waals surface area contributed by atoms with Crippen LogP contribution < -0.4 is 11.1 Å². The lowest BCUT2D eigenvalue weighted by Crippen LogP contribution is -2.14. The number of amides is 1. The summed E-state index contributed by atoms with van der Waals surface area (Å²) in [7, 11) is 0. The zero-order chi connectivity index (χ0) is 14.0. The highest BCUT2D eigenvalue weighted by Gasteiger charge is 2.12. The van der Waals surface area contributed by atoms with E-state index >= 15 is 0 Å². The quantitative estimate of drug-likeness (QED) is 0.828. The number of carbonyl (C=O) groups is 1. The summed E-state index contributed by atoms with van der Waals surface area (Å²) < 4.78 is 14.0. The molecule has 2 rings (SSSR count). The zero-order valence-corrected chi connectivity index (χ0v) is 11.8. The molecule has 19 heavy (non-hydrogen) atoms. The molecule has 0 aliphatic carbocycles. The van der Waals surface area contributed by atoms with Gasteiger partial charge >= 0.3 is 0 Å². The number of nitrogen functional groups attached to an aromatic ring is 1. The summed E-state index contributed by atoms with van der Waals surface area (Å²) >= 11 is 3.36. The molecular weight excluding hydrogens is 311 g/mol. The summed E-state index contributed by atoms with van der Waals surface area (Å²) in [6.45, 7) is 1.83. The molecule has 0 unspecified atom stereocenters. The van der Waals surface area contributed by atoms with Crippen LogP contribution in [0.2, 0.25) is 0 Å². The minimum absolute atomic E-state index is 0.268. The summed E-state index contributed by atoms with van der Waals surface area (Å²) in [4.78, 5) is 12.1. The standard InChI is InChI=1S/C14H12BrFN2O/c1-8-10(3-2-4-11(8)15)14(19)18-13-7-9(16)5-6-12(13)17/h2-7H,17H2,1H3,(H,18,19). The van der Waals surface area contributed by atoms with Gasteiger partial charge < -0.3 is 11.1 Å². The number of hydrogen-bond acceptors (Lipinski definition) is 2. The first-order chi connectivity index (χ1) is 8.99. The summed E-state index contributed by atoms with van der Waals surface area (Å²) in [6, 6.07) is 9.17. The molecule has 0 heterocycles. The first kappa shape index (κ1) is 13.5. The minimum Gasteiger partial charge on any atom is -0.397 e. The van der Waals surface area contributed by atoms with Crippen molar-refractivity contribution in [1.82, 2.24) is 0 Å². The Balaban J connectivity index is 2.31. The van der Waals surface area contributed by atoms with Gasteiger partial charge in [0.15, 0.2) is 0 Å². The third kappa shape index (κ3) is 2.93. The van der Waals surface area contributed by atoms with Crippen LogP contribution in [0.1, 0.15) is 15.9 Å². The lowest BCUT2D eigenvalue weighted by molar-refractivity contribution is 0.102. The Morgan fingerprint density at radius 2 is 2.05 bits per heavy atom. The van der Waals surface area contributed by atoms with Gasteiger partial charge in [0.1, 0.15) is 5.82 Å². The molecule has 0 saturated heterocycles. The molecule has 0 aliphatic heterocycles. The number of carbonyl (C=O) groups excluding carboxylic acids is 1. The van der Waals surface area contributed by atoms with Gasteiger partial charge in [-0.2, -0.15) is 0 Å². The molecule has 98 valence electrons. The maximum atomic E-state index is 13.1. The van der Waals surface area contributed by atoms with E-state index < -0.39 is 5.82 Å². The number of rotatable bonds is 2. The molecule has 0 bridgehead atoms. The van der Waals surface area contributed by atoms with Crippen LogP contribution in [0, 0.1) is 12.7 Å². The Labute approximate surface area is 118 Å². The fourth-order valence-electron chi connectivity index (χ4n) is 1.68. The van der Waals surface area contributed by atoms with Crippen LogP contribution in [0.15, 0.2) is 40.9 Å². The Kier molecular flexibility index (Phi) is 3.85. The molecule has 5 heteroatoms. The SMILES string of the molecule is Cc1c(Br)cccc1C(=O)Nc1cc(F)ccc1N. The fraction of sp³-hybridized carbons (Fsp3) is 0.0714. The fourth-order valence-corrected chi connectivity index (χ4v) is 2.05. The van der Waals surface area contributed by atoms with Crippen molar-refractivity contribution >= 4 is 33.2 Å². The van der Waals surface area contributed by atoms with Gasteiger partial charge in [0, 0.05) is 10.0 Å². The second-order valence-corrected chi connectivity index (χ2v) is 4.95. The number of hydrogen-bond donors (Lipinski definition) is 2. The second-order valence-electron chi connectivity index (χ2n) is 4.10. The lowest BCUT2D eigenvalue weighted by atomic mass is 10.1. The van der Waals surface area contributed by atoms with Crippen molar-refractivity contribution < 1.29 is 9.18 Å². The largest absolute Gasteiger partial charge is 0.397 e. The van der Waals surface area contributed by atoms with Crippen LogP contribution in [0.3, 0.4) is 0 Å². The molecule has 0 aromatic heterocycles. The van der Waals surface area contributed by atoms with Gasteiger partial charge in [-0.25, -0.2) is 4.39 Å². The van der Waals surface area contributed by atoms with Gasteiger partial charge in [-0.1, -0.05) is 22.0 Å². The van der Waals surface area contributed by atoms with Gasteiger partial charge in [0.25, 0.3) is 5.91 Å². The van der Waals surface area contributed by atoms with E-state index in [0.717, 1.165) is 10.0 Å². The van der Waals surface area contributed by atoms with Crippen LogP contribution in [-0.2, 0) is 0 Å². The number of nitrogens with two attached hydrogens (primary N) is 1. The third-order valence-corrected chi connectivity index (χ3v) is 3.63. The van der Waals surface area contributed by atoms with Crippen LogP contribution >= 0.6 is 15.9 Å². The number of benzene rings is 2. The highest BCUT2D eigenvalue weighted by molar-refractivity contribution is 9.10. The van der Waals surface area contributed by atoms with Crippen molar-refractivity contribution in [3.63, 3.8) is 0 Å². The topological polar surface area (TPSA) is 55.1 Å². The van der Waals surface area contributed by atoms with E-state index in [0.29, 0.717) is 11.3 Å². The third-order valence-electron chi connectivity index (χ3n) is 2.78. The van der Waals surface area contributed by atoms with Crippen molar-refractivity contribution in [2.24, 2.45) is 0 Å². The second kappa shape index (κ2) is 5.40. The maximum absolute atomic E-state index is 13.1. The number of anilines is 2. The molecule has 3 N–H and O–H groups in total. The van der Waals surface area contributed by atoms with Crippen molar-refractivity contribution in [3.8, 4) is 0 Å². The van der Waals surface area contributed by atoms with Crippen molar-refractivity contribution in [3.05, 3.63) is 57.8 Å². The molecule has 0 saturated carbocycles. The summed E-state index contributed by atoms with van der Waals surface area (Å²) in [6.07, 6.45) is 0. The Bertz CT molecular complexity index is 643. The van der Waals surface area contributed by atoms with Gasteiger partial charge in [-0.3, -0.25) is 4.79 Å². The van der Waals surface area contributed by atoms with E-state index in [4.69, 9.17) is 5.73 Å². The van der Waals surface area contributed by atoms with E-state index in [1.807, 2.05) is 13.0 Å². The van der Waals surface area contributed by atoms with Gasteiger partial charge in [0.2, 0.25) is 0 Å². The smallest absolute Gasteiger partial charge is 0.256 e. The van der Waals surface area contributed by atoms with Crippen molar-refractivity contribution in [1.29, 1.82) is 0 Å².